The van der Waals surface area contributed by atoms with Crippen LogP contribution in [0.25, 0.3) is 0 Å². The summed E-state index contributed by atoms with van der Waals surface area (Å²) < 4.78 is 0. The molecule has 0 saturated heterocycles. The molecule has 2 N–H and O–H groups in total. The summed E-state index contributed by atoms with van der Waals surface area (Å²) in [6, 6.07) is 12.4. The molecule has 0 bridgehead atoms. The molecule has 0 saturated carbocycles. The predicted molar refractivity (Wildman–Crippen MR) is 103 cm³/mol. The van der Waals surface area contributed by atoms with E-state index in [0.717, 1.165) is 36.2 Å². The average molecular weight is 323 g/mol. The van der Waals surface area contributed by atoms with Gasteiger partial charge in [0.2, 0.25) is 0 Å². The Kier molecular flexibility index (Phi) is 6.98. The van der Waals surface area contributed by atoms with Crippen LogP contribution in [0, 0.1) is 12.3 Å². The summed E-state index contributed by atoms with van der Waals surface area (Å²) in [6.07, 6.45) is 7.66. The maximum absolute atomic E-state index is 8.61. The summed E-state index contributed by atoms with van der Waals surface area (Å²) in [4.78, 5) is 4.53. The van der Waals surface area contributed by atoms with Crippen molar-refractivity contribution in [2.75, 3.05) is 5.32 Å². The van der Waals surface area contributed by atoms with Crippen molar-refractivity contribution in [3.8, 4) is 0 Å². The van der Waals surface area contributed by atoms with Crippen LogP contribution in [0.1, 0.15) is 62.6 Å². The van der Waals surface area contributed by atoms with Crippen molar-refractivity contribution >= 4 is 11.5 Å². The SMILES string of the molecule is CCCCC(CCC)Nc1ncccc1C(=N)c1cccc(C)c1. The molecule has 1 heterocycles. The summed E-state index contributed by atoms with van der Waals surface area (Å²) in [6.45, 7) is 6.50. The van der Waals surface area contributed by atoms with E-state index in [1.807, 2.05) is 24.3 Å². The molecule has 1 aromatic heterocycles. The Balaban J connectivity index is 2.24. The van der Waals surface area contributed by atoms with Gasteiger partial charge in [0.05, 0.1) is 5.71 Å². The number of pyridine rings is 1. The van der Waals surface area contributed by atoms with Gasteiger partial charge in [0.25, 0.3) is 0 Å². The summed E-state index contributed by atoms with van der Waals surface area (Å²) in [5.41, 5.74) is 3.51. The molecule has 0 amide bonds. The Labute approximate surface area is 146 Å². The van der Waals surface area contributed by atoms with Crippen LogP contribution in [-0.2, 0) is 0 Å². The van der Waals surface area contributed by atoms with Gasteiger partial charge in [0.1, 0.15) is 5.82 Å². The highest BCUT2D eigenvalue weighted by molar-refractivity contribution is 6.13. The molecule has 2 aromatic rings. The lowest BCUT2D eigenvalue weighted by Gasteiger charge is -2.20. The van der Waals surface area contributed by atoms with Gasteiger partial charge in [0, 0.05) is 23.4 Å². The smallest absolute Gasteiger partial charge is 0.135 e. The van der Waals surface area contributed by atoms with Crippen molar-refractivity contribution in [2.45, 2.75) is 58.9 Å². The van der Waals surface area contributed by atoms with Crippen molar-refractivity contribution < 1.29 is 0 Å². The van der Waals surface area contributed by atoms with E-state index in [1.54, 1.807) is 6.20 Å². The molecule has 3 nitrogen and oxygen atoms in total. The van der Waals surface area contributed by atoms with E-state index >= 15 is 0 Å². The third-order valence-electron chi connectivity index (χ3n) is 4.27. The Hall–Kier alpha value is -2.16. The Morgan fingerprint density at radius 2 is 1.96 bits per heavy atom. The van der Waals surface area contributed by atoms with Gasteiger partial charge in [-0.2, -0.15) is 0 Å². The van der Waals surface area contributed by atoms with Crippen molar-refractivity contribution in [1.82, 2.24) is 4.98 Å². The fourth-order valence-electron chi connectivity index (χ4n) is 2.96. The largest absolute Gasteiger partial charge is 0.367 e. The number of benzene rings is 1. The van der Waals surface area contributed by atoms with E-state index in [1.165, 1.54) is 18.4 Å². The number of unbranched alkanes of at least 4 members (excludes halogenated alkanes) is 1. The van der Waals surface area contributed by atoms with Gasteiger partial charge in [-0.15, -0.1) is 0 Å². The minimum atomic E-state index is 0.425. The van der Waals surface area contributed by atoms with Gasteiger partial charge in [0.15, 0.2) is 0 Å². The van der Waals surface area contributed by atoms with Crippen molar-refractivity contribution in [3.05, 3.63) is 59.3 Å². The molecule has 128 valence electrons. The molecule has 3 heteroatoms. The Bertz CT molecular complexity index is 664. The first-order chi connectivity index (χ1) is 11.7. The number of hydrogen-bond donors (Lipinski definition) is 2. The number of nitrogens with zero attached hydrogens (tertiary/aromatic N) is 1. The quantitative estimate of drug-likeness (QED) is 0.592. The standard InChI is InChI=1S/C21H29N3/c1-4-6-12-18(9-5-2)24-21-19(13-8-14-23-21)20(22)17-11-7-10-16(3)15-17/h7-8,10-11,13-15,18,22H,4-6,9,12H2,1-3H3,(H,23,24). The van der Waals surface area contributed by atoms with Crippen LogP contribution in [0.15, 0.2) is 42.6 Å². The van der Waals surface area contributed by atoms with Crippen LogP contribution in [-0.4, -0.2) is 16.7 Å². The highest BCUT2D eigenvalue weighted by Crippen LogP contribution is 2.20. The third-order valence-corrected chi connectivity index (χ3v) is 4.27. The first kappa shape index (κ1) is 18.2. The molecule has 0 aliphatic heterocycles. The number of anilines is 1. The lowest BCUT2D eigenvalue weighted by molar-refractivity contribution is 0.563. The van der Waals surface area contributed by atoms with Gasteiger partial charge in [-0.05, 0) is 38.0 Å². The van der Waals surface area contributed by atoms with Crippen LogP contribution in [0.3, 0.4) is 0 Å². The molecule has 1 atom stereocenters. The fraction of sp³-hybridized carbons (Fsp3) is 0.429. The monoisotopic (exact) mass is 323 g/mol. The van der Waals surface area contributed by atoms with Crippen molar-refractivity contribution in [3.63, 3.8) is 0 Å². The molecule has 1 unspecified atom stereocenters. The maximum Gasteiger partial charge on any atom is 0.135 e. The summed E-state index contributed by atoms with van der Waals surface area (Å²) in [5, 5.41) is 12.2. The Morgan fingerprint density at radius 1 is 1.12 bits per heavy atom. The van der Waals surface area contributed by atoms with Gasteiger partial charge < -0.3 is 5.32 Å². The van der Waals surface area contributed by atoms with Crippen molar-refractivity contribution in [2.24, 2.45) is 0 Å². The van der Waals surface area contributed by atoms with E-state index in [9.17, 15) is 0 Å². The molecule has 0 spiro atoms. The Morgan fingerprint density at radius 3 is 2.67 bits per heavy atom. The minimum absolute atomic E-state index is 0.425. The van der Waals surface area contributed by atoms with E-state index in [2.05, 4.69) is 43.2 Å². The molecular formula is C21H29N3. The number of aromatic nitrogens is 1. The average Bonchev–Trinajstić information content (AvgIpc) is 2.60. The maximum atomic E-state index is 8.61. The topological polar surface area (TPSA) is 48.8 Å². The van der Waals surface area contributed by atoms with Crippen LogP contribution in [0.2, 0.25) is 0 Å². The van der Waals surface area contributed by atoms with Gasteiger partial charge >= 0.3 is 0 Å². The zero-order valence-corrected chi connectivity index (χ0v) is 15.1. The van der Waals surface area contributed by atoms with E-state index in [4.69, 9.17) is 5.41 Å². The lowest BCUT2D eigenvalue weighted by Crippen LogP contribution is -2.22. The molecule has 0 fully saturated rings. The third kappa shape index (κ3) is 4.92. The highest BCUT2D eigenvalue weighted by Gasteiger charge is 2.14. The zero-order chi connectivity index (χ0) is 17.4. The van der Waals surface area contributed by atoms with Gasteiger partial charge in [-0.3, -0.25) is 5.41 Å². The molecule has 1 aromatic carbocycles. The second-order valence-electron chi connectivity index (χ2n) is 6.42. The molecular weight excluding hydrogens is 294 g/mol. The number of aryl methyl sites for hydroxylation is 1. The van der Waals surface area contributed by atoms with Crippen LogP contribution in [0.4, 0.5) is 5.82 Å². The summed E-state index contributed by atoms with van der Waals surface area (Å²) >= 11 is 0. The number of hydrogen-bond acceptors (Lipinski definition) is 3. The molecule has 2 rings (SSSR count). The molecule has 0 aliphatic carbocycles. The highest BCUT2D eigenvalue weighted by atomic mass is 15.0. The first-order valence-corrected chi connectivity index (χ1v) is 9.03. The first-order valence-electron chi connectivity index (χ1n) is 9.03. The number of rotatable bonds is 9. The zero-order valence-electron chi connectivity index (χ0n) is 15.1. The van der Waals surface area contributed by atoms with Crippen LogP contribution < -0.4 is 5.32 Å². The lowest BCUT2D eigenvalue weighted by atomic mass is 10.00. The van der Waals surface area contributed by atoms with E-state index < -0.39 is 0 Å². The second kappa shape index (κ2) is 9.21. The minimum Gasteiger partial charge on any atom is -0.367 e. The van der Waals surface area contributed by atoms with E-state index in [-0.39, 0.29) is 0 Å². The molecule has 24 heavy (non-hydrogen) atoms. The fourth-order valence-corrected chi connectivity index (χ4v) is 2.96. The van der Waals surface area contributed by atoms with Gasteiger partial charge in [-0.25, -0.2) is 4.98 Å². The number of nitrogens with one attached hydrogen (secondary N) is 2. The summed E-state index contributed by atoms with van der Waals surface area (Å²) in [7, 11) is 0. The molecule has 0 radical (unpaired) electrons. The van der Waals surface area contributed by atoms with Crippen molar-refractivity contribution in [1.29, 1.82) is 5.41 Å². The van der Waals surface area contributed by atoms with E-state index in [0.29, 0.717) is 11.8 Å². The predicted octanol–water partition coefficient (Wildman–Crippen LogP) is 5.58. The van der Waals surface area contributed by atoms with Crippen LogP contribution in [0.5, 0.6) is 0 Å². The normalized spacial score (nSPS) is 12.0. The molecule has 0 aliphatic rings. The summed E-state index contributed by atoms with van der Waals surface area (Å²) in [5.74, 6) is 0.832. The second-order valence-corrected chi connectivity index (χ2v) is 6.42. The van der Waals surface area contributed by atoms with Gasteiger partial charge in [-0.1, -0.05) is 56.9 Å². The van der Waals surface area contributed by atoms with Crippen LogP contribution >= 0.6 is 0 Å².